The van der Waals surface area contributed by atoms with Gasteiger partial charge in [0.15, 0.2) is 0 Å². The summed E-state index contributed by atoms with van der Waals surface area (Å²) in [6.45, 7) is 2.35. The Morgan fingerprint density at radius 2 is 2.05 bits per heavy atom. The van der Waals surface area contributed by atoms with Gasteiger partial charge in [0, 0.05) is 25.1 Å². The van der Waals surface area contributed by atoms with E-state index in [0.717, 1.165) is 38.0 Å². The zero-order valence-electron chi connectivity index (χ0n) is 11.6. The summed E-state index contributed by atoms with van der Waals surface area (Å²) in [5.41, 5.74) is 0.638. The highest BCUT2D eigenvalue weighted by atomic mass is 16.5. The second-order valence-electron chi connectivity index (χ2n) is 5.15. The van der Waals surface area contributed by atoms with Crippen LogP contribution in [0.15, 0.2) is 24.3 Å². The van der Waals surface area contributed by atoms with E-state index in [0.29, 0.717) is 17.3 Å². The first kappa shape index (κ1) is 13.8. The average Bonchev–Trinajstić information content (AvgIpc) is 2.53. The van der Waals surface area contributed by atoms with Crippen LogP contribution in [-0.2, 0) is 4.74 Å². The number of hydrogen-bond acceptors (Lipinski definition) is 5. The number of carbonyl (C=O) groups is 1. The molecule has 1 saturated heterocycles. The van der Waals surface area contributed by atoms with Gasteiger partial charge in [-0.15, -0.1) is 0 Å². The lowest BCUT2D eigenvalue weighted by atomic mass is 10.0. The van der Waals surface area contributed by atoms with Crippen molar-refractivity contribution in [3.63, 3.8) is 0 Å². The molecule has 0 unspecified atom stereocenters. The van der Waals surface area contributed by atoms with E-state index in [9.17, 15) is 4.79 Å². The third kappa shape index (κ3) is 3.11. The van der Waals surface area contributed by atoms with Gasteiger partial charge in [-0.25, -0.2) is 14.8 Å². The molecule has 2 N–H and O–H groups in total. The summed E-state index contributed by atoms with van der Waals surface area (Å²) in [6, 6.07) is 7.42. The summed E-state index contributed by atoms with van der Waals surface area (Å²) in [4.78, 5) is 19.3. The van der Waals surface area contributed by atoms with Crippen LogP contribution in [0.25, 0.3) is 10.9 Å². The number of aromatic carboxylic acids is 1. The number of rotatable bonds is 4. The maximum atomic E-state index is 11.1. The number of para-hydroxylation sites is 1. The first-order chi connectivity index (χ1) is 10.2. The van der Waals surface area contributed by atoms with Crippen molar-refractivity contribution in [2.75, 3.05) is 25.1 Å². The van der Waals surface area contributed by atoms with Crippen molar-refractivity contribution in [1.29, 1.82) is 0 Å². The number of carboxylic acid groups (broad SMARTS) is 1. The molecular weight excluding hydrogens is 270 g/mol. The number of nitrogens with one attached hydrogen (secondary N) is 1. The van der Waals surface area contributed by atoms with Crippen LogP contribution in [0.4, 0.5) is 5.82 Å². The topological polar surface area (TPSA) is 84.3 Å². The van der Waals surface area contributed by atoms with Crippen molar-refractivity contribution in [1.82, 2.24) is 9.97 Å². The van der Waals surface area contributed by atoms with Gasteiger partial charge in [-0.05, 0) is 30.9 Å². The Hall–Kier alpha value is -2.21. The molecule has 21 heavy (non-hydrogen) atoms. The predicted molar refractivity (Wildman–Crippen MR) is 78.5 cm³/mol. The number of aromatic nitrogens is 2. The van der Waals surface area contributed by atoms with E-state index in [1.165, 1.54) is 0 Å². The molecule has 0 saturated carbocycles. The SMILES string of the molecule is O=C(O)c1nc(NCC2CCOCC2)c2ccccc2n1. The monoisotopic (exact) mass is 287 g/mol. The van der Waals surface area contributed by atoms with Crippen LogP contribution in [0.1, 0.15) is 23.5 Å². The van der Waals surface area contributed by atoms with E-state index in [-0.39, 0.29) is 5.82 Å². The summed E-state index contributed by atoms with van der Waals surface area (Å²) in [5, 5.41) is 13.2. The molecule has 2 heterocycles. The Labute approximate surface area is 122 Å². The Kier molecular flexibility index (Phi) is 3.96. The molecule has 0 bridgehead atoms. The molecule has 0 radical (unpaired) electrons. The normalized spacial score (nSPS) is 16.0. The molecule has 1 aliphatic heterocycles. The molecule has 0 atom stereocenters. The van der Waals surface area contributed by atoms with E-state index in [1.807, 2.05) is 18.2 Å². The number of ether oxygens (including phenoxy) is 1. The van der Waals surface area contributed by atoms with Gasteiger partial charge in [0.1, 0.15) is 5.82 Å². The Morgan fingerprint density at radius 1 is 1.29 bits per heavy atom. The number of hydrogen-bond donors (Lipinski definition) is 2. The maximum Gasteiger partial charge on any atom is 0.374 e. The third-order valence-corrected chi connectivity index (χ3v) is 3.69. The summed E-state index contributed by atoms with van der Waals surface area (Å²) < 4.78 is 5.34. The van der Waals surface area contributed by atoms with Crippen molar-refractivity contribution >= 4 is 22.7 Å². The lowest BCUT2D eigenvalue weighted by molar-refractivity contribution is 0.0684. The van der Waals surface area contributed by atoms with Gasteiger partial charge >= 0.3 is 5.97 Å². The lowest BCUT2D eigenvalue weighted by Crippen LogP contribution is -2.23. The summed E-state index contributed by atoms with van der Waals surface area (Å²) >= 11 is 0. The highest BCUT2D eigenvalue weighted by Crippen LogP contribution is 2.22. The molecule has 1 aromatic heterocycles. The molecule has 1 aliphatic rings. The molecule has 1 fully saturated rings. The van der Waals surface area contributed by atoms with Crippen LogP contribution in [0.2, 0.25) is 0 Å². The molecule has 6 heteroatoms. The minimum Gasteiger partial charge on any atom is -0.475 e. The van der Waals surface area contributed by atoms with Gasteiger partial charge < -0.3 is 15.2 Å². The van der Waals surface area contributed by atoms with Crippen molar-refractivity contribution in [3.05, 3.63) is 30.1 Å². The minimum atomic E-state index is -1.12. The third-order valence-electron chi connectivity index (χ3n) is 3.69. The quantitative estimate of drug-likeness (QED) is 0.896. The van der Waals surface area contributed by atoms with E-state index >= 15 is 0 Å². The van der Waals surface area contributed by atoms with E-state index in [1.54, 1.807) is 6.07 Å². The summed E-state index contributed by atoms with van der Waals surface area (Å²) in [6.07, 6.45) is 2.03. The molecule has 110 valence electrons. The van der Waals surface area contributed by atoms with Crippen LogP contribution in [0.5, 0.6) is 0 Å². The fourth-order valence-electron chi connectivity index (χ4n) is 2.50. The zero-order valence-corrected chi connectivity index (χ0v) is 11.6. The Balaban J connectivity index is 1.86. The molecule has 0 aliphatic carbocycles. The number of carboxylic acids is 1. The van der Waals surface area contributed by atoms with Crippen molar-refractivity contribution in [2.45, 2.75) is 12.8 Å². The second kappa shape index (κ2) is 6.05. The highest BCUT2D eigenvalue weighted by Gasteiger charge is 2.16. The van der Waals surface area contributed by atoms with Crippen LogP contribution in [0.3, 0.4) is 0 Å². The molecule has 0 amide bonds. The van der Waals surface area contributed by atoms with E-state index in [4.69, 9.17) is 9.84 Å². The van der Waals surface area contributed by atoms with Crippen LogP contribution >= 0.6 is 0 Å². The van der Waals surface area contributed by atoms with Crippen LogP contribution in [-0.4, -0.2) is 40.8 Å². The molecule has 2 aromatic rings. The summed E-state index contributed by atoms with van der Waals surface area (Å²) in [7, 11) is 0. The van der Waals surface area contributed by atoms with Gasteiger partial charge in [-0.3, -0.25) is 0 Å². The lowest BCUT2D eigenvalue weighted by Gasteiger charge is -2.22. The maximum absolute atomic E-state index is 11.1. The Bertz CT molecular complexity index is 654. The van der Waals surface area contributed by atoms with Gasteiger partial charge in [0.25, 0.3) is 0 Å². The second-order valence-corrected chi connectivity index (χ2v) is 5.15. The smallest absolute Gasteiger partial charge is 0.374 e. The number of fused-ring (bicyclic) bond motifs is 1. The molecule has 1 aromatic carbocycles. The van der Waals surface area contributed by atoms with Crippen LogP contribution in [0, 0.1) is 5.92 Å². The summed E-state index contributed by atoms with van der Waals surface area (Å²) in [5.74, 6) is -0.178. The average molecular weight is 287 g/mol. The fourth-order valence-corrected chi connectivity index (χ4v) is 2.50. The van der Waals surface area contributed by atoms with Gasteiger partial charge in [-0.2, -0.15) is 0 Å². The molecule has 3 rings (SSSR count). The van der Waals surface area contributed by atoms with E-state index < -0.39 is 5.97 Å². The van der Waals surface area contributed by atoms with Crippen molar-refractivity contribution in [3.8, 4) is 0 Å². The van der Waals surface area contributed by atoms with E-state index in [2.05, 4.69) is 15.3 Å². The highest BCUT2D eigenvalue weighted by molar-refractivity contribution is 5.93. The minimum absolute atomic E-state index is 0.178. The standard InChI is InChI=1S/C15H17N3O3/c19-15(20)14-17-12-4-2-1-3-11(12)13(18-14)16-9-10-5-7-21-8-6-10/h1-4,10H,5-9H2,(H,19,20)(H,16,17,18). The number of anilines is 1. The Morgan fingerprint density at radius 3 is 2.81 bits per heavy atom. The first-order valence-corrected chi connectivity index (χ1v) is 7.06. The molecule has 6 nitrogen and oxygen atoms in total. The van der Waals surface area contributed by atoms with Gasteiger partial charge in [0.05, 0.1) is 5.52 Å². The van der Waals surface area contributed by atoms with Gasteiger partial charge in [-0.1, -0.05) is 12.1 Å². The molecule has 0 spiro atoms. The number of benzene rings is 1. The largest absolute Gasteiger partial charge is 0.475 e. The molecular formula is C15H17N3O3. The predicted octanol–water partition coefficient (Wildman–Crippen LogP) is 2.17. The van der Waals surface area contributed by atoms with Crippen LogP contribution < -0.4 is 5.32 Å². The zero-order chi connectivity index (χ0) is 14.7. The first-order valence-electron chi connectivity index (χ1n) is 7.06. The fraction of sp³-hybridized carbons (Fsp3) is 0.400. The van der Waals surface area contributed by atoms with Gasteiger partial charge in [0.2, 0.25) is 5.82 Å². The van der Waals surface area contributed by atoms with Crippen molar-refractivity contribution < 1.29 is 14.6 Å². The number of nitrogens with zero attached hydrogens (tertiary/aromatic N) is 2. The van der Waals surface area contributed by atoms with Crippen molar-refractivity contribution in [2.24, 2.45) is 5.92 Å².